The number of aliphatic hydroxyl groups excluding tert-OH is 4. The van der Waals surface area contributed by atoms with Crippen molar-refractivity contribution >= 4 is 0 Å². The zero-order chi connectivity index (χ0) is 30.6. The summed E-state index contributed by atoms with van der Waals surface area (Å²) in [7, 11) is 0. The van der Waals surface area contributed by atoms with Crippen molar-refractivity contribution in [2.45, 2.75) is 162 Å². The van der Waals surface area contributed by atoms with Crippen LogP contribution in [0, 0.1) is 45.8 Å². The summed E-state index contributed by atoms with van der Waals surface area (Å²) in [5.74, 6) is 3.75. The summed E-state index contributed by atoms with van der Waals surface area (Å²) in [4.78, 5) is 0. The van der Waals surface area contributed by atoms with Gasteiger partial charge in [0.15, 0.2) is 6.29 Å². The van der Waals surface area contributed by atoms with E-state index in [-0.39, 0.29) is 6.10 Å². The van der Waals surface area contributed by atoms with Crippen LogP contribution in [0.3, 0.4) is 0 Å². The average molecular weight is 591 g/mol. The minimum absolute atomic E-state index is 0.0479. The Morgan fingerprint density at radius 2 is 1.52 bits per heavy atom. The van der Waals surface area contributed by atoms with Crippen molar-refractivity contribution in [1.29, 1.82) is 0 Å². The Balaban J connectivity index is 1.25. The molecule has 6 nitrogen and oxygen atoms in total. The number of allylic oxidation sites excluding steroid dienone is 2. The molecule has 1 saturated heterocycles. The van der Waals surface area contributed by atoms with E-state index in [1.165, 1.54) is 63.4 Å². The normalized spacial score (nSPS) is 49.5. The second-order valence-electron chi connectivity index (χ2n) is 16.3. The van der Waals surface area contributed by atoms with E-state index in [1.54, 1.807) is 5.57 Å². The molecule has 14 atom stereocenters. The van der Waals surface area contributed by atoms with Gasteiger partial charge in [0.2, 0.25) is 0 Å². The first-order valence-corrected chi connectivity index (χ1v) is 17.4. The number of hydrogen-bond donors (Lipinski definition) is 4. The third kappa shape index (κ3) is 5.47. The lowest BCUT2D eigenvalue weighted by molar-refractivity contribution is -0.317. The van der Waals surface area contributed by atoms with Crippen LogP contribution in [-0.2, 0) is 9.47 Å². The highest BCUT2D eigenvalue weighted by atomic mass is 16.7. The van der Waals surface area contributed by atoms with Crippen LogP contribution in [0.25, 0.3) is 0 Å². The molecule has 0 radical (unpaired) electrons. The quantitative estimate of drug-likeness (QED) is 0.193. The van der Waals surface area contributed by atoms with Crippen LogP contribution in [-0.4, -0.2) is 63.8 Å². The molecule has 1 aliphatic heterocycles. The molecule has 4 saturated carbocycles. The van der Waals surface area contributed by atoms with Gasteiger partial charge in [0.05, 0.1) is 12.7 Å². The van der Waals surface area contributed by atoms with Crippen molar-refractivity contribution in [2.24, 2.45) is 45.8 Å². The second-order valence-corrected chi connectivity index (χ2v) is 16.3. The van der Waals surface area contributed by atoms with Crippen LogP contribution < -0.4 is 0 Å². The number of ether oxygens (including phenoxy) is 2. The average Bonchev–Trinajstić information content (AvgIpc) is 3.32. The van der Waals surface area contributed by atoms with Crippen LogP contribution in [0.5, 0.6) is 0 Å². The molecule has 0 bridgehead atoms. The van der Waals surface area contributed by atoms with Crippen molar-refractivity contribution in [3.8, 4) is 0 Å². The van der Waals surface area contributed by atoms with Gasteiger partial charge in [-0.1, -0.05) is 45.8 Å². The Kier molecular flexibility index (Phi) is 9.68. The smallest absolute Gasteiger partial charge is 0.186 e. The summed E-state index contributed by atoms with van der Waals surface area (Å²) in [6, 6.07) is 0. The molecule has 4 N–H and O–H groups in total. The first kappa shape index (κ1) is 32.9. The second kappa shape index (κ2) is 12.4. The summed E-state index contributed by atoms with van der Waals surface area (Å²) < 4.78 is 12.0. The molecular weight excluding hydrogens is 528 g/mol. The largest absolute Gasteiger partial charge is 0.394 e. The lowest BCUT2D eigenvalue weighted by atomic mass is 9.39. The number of rotatable bonds is 8. The van der Waals surface area contributed by atoms with E-state index in [0.29, 0.717) is 22.2 Å². The molecule has 5 aliphatic rings. The Labute approximate surface area is 255 Å². The van der Waals surface area contributed by atoms with Gasteiger partial charge < -0.3 is 29.9 Å². The topological polar surface area (TPSA) is 99.4 Å². The number of fused-ring (bicyclic) bond motifs is 5. The lowest BCUT2D eigenvalue weighted by Crippen LogP contribution is -2.61. The van der Waals surface area contributed by atoms with E-state index in [0.717, 1.165) is 42.9 Å². The summed E-state index contributed by atoms with van der Waals surface area (Å²) in [6.45, 7) is 16.9. The Morgan fingerprint density at radius 1 is 0.857 bits per heavy atom. The van der Waals surface area contributed by atoms with Gasteiger partial charge in [0.25, 0.3) is 0 Å². The fraction of sp³-hybridized carbons (Fsp3) is 0.944. The molecule has 0 aromatic carbocycles. The first-order valence-electron chi connectivity index (χ1n) is 17.4. The van der Waals surface area contributed by atoms with Gasteiger partial charge in [0, 0.05) is 0 Å². The maximum atomic E-state index is 10.5. The van der Waals surface area contributed by atoms with Crippen LogP contribution in [0.1, 0.15) is 126 Å². The van der Waals surface area contributed by atoms with Crippen LogP contribution in [0.4, 0.5) is 0 Å². The van der Waals surface area contributed by atoms with Crippen LogP contribution in [0.15, 0.2) is 11.1 Å². The van der Waals surface area contributed by atoms with E-state index < -0.39 is 37.3 Å². The third-order valence-electron chi connectivity index (χ3n) is 14.2. The zero-order valence-corrected chi connectivity index (χ0v) is 27.6. The van der Waals surface area contributed by atoms with Gasteiger partial charge in [0.1, 0.15) is 24.4 Å². The molecule has 0 aromatic heterocycles. The van der Waals surface area contributed by atoms with E-state index >= 15 is 0 Å². The summed E-state index contributed by atoms with van der Waals surface area (Å²) in [5, 5.41) is 40.5. The van der Waals surface area contributed by atoms with Gasteiger partial charge in [-0.15, -0.1) is 0 Å². The summed E-state index contributed by atoms with van der Waals surface area (Å²) in [6.07, 6.45) is 8.73. The Morgan fingerprint density at radius 3 is 2.19 bits per heavy atom. The SMILES string of the molecule is CCC(CCC(C)[C@H]1CC[C@@H]2[C@]1(C)CC[C@H]1[C@@]2(C)CCC2C[C@@H](O[C@@H]3O[C@H](CO)C(O)[C@H](O)C3O)CC[C@@]21C)=C(C)C. The van der Waals surface area contributed by atoms with Gasteiger partial charge >= 0.3 is 0 Å². The molecule has 0 spiro atoms. The molecule has 4 unspecified atom stereocenters. The van der Waals surface area contributed by atoms with E-state index in [4.69, 9.17) is 9.47 Å². The number of hydrogen-bond acceptors (Lipinski definition) is 6. The minimum Gasteiger partial charge on any atom is -0.394 e. The fourth-order valence-electron chi connectivity index (χ4n) is 11.7. The third-order valence-corrected chi connectivity index (χ3v) is 14.2. The Hall–Kier alpha value is -0.500. The van der Waals surface area contributed by atoms with Crippen LogP contribution in [0.2, 0.25) is 0 Å². The molecule has 5 fully saturated rings. The molecule has 6 heteroatoms. The summed E-state index contributed by atoms with van der Waals surface area (Å²) >= 11 is 0. The van der Waals surface area contributed by atoms with Gasteiger partial charge in [-0.05, 0) is 137 Å². The van der Waals surface area contributed by atoms with Crippen molar-refractivity contribution < 1.29 is 29.9 Å². The standard InChI is InChI=1S/C36H62O6/c1-8-23(21(2)3)10-9-22(4)26-11-12-28-35(26,6)18-15-29-34(5)17-14-25(19-24(34)13-16-36(28,29)7)41-33-32(40)31(39)30(38)27(20-37)42-33/h22,24-33,37-40H,8-20H2,1-7H3/t22?,24?,25-,26+,27+,28+,29+,30?,31-,32?,33+,34-,35+,36-/m0/s1. The van der Waals surface area contributed by atoms with Crippen molar-refractivity contribution in [2.75, 3.05) is 6.61 Å². The molecular formula is C36H62O6. The number of aliphatic hydroxyl groups is 4. The van der Waals surface area contributed by atoms with Gasteiger partial charge in [-0.2, -0.15) is 0 Å². The van der Waals surface area contributed by atoms with Gasteiger partial charge in [-0.3, -0.25) is 0 Å². The monoisotopic (exact) mass is 590 g/mol. The van der Waals surface area contributed by atoms with Crippen LogP contribution >= 0.6 is 0 Å². The highest BCUT2D eigenvalue weighted by Crippen LogP contribution is 2.73. The Bertz CT molecular complexity index is 976. The maximum absolute atomic E-state index is 10.5. The molecule has 1 heterocycles. The zero-order valence-electron chi connectivity index (χ0n) is 27.6. The molecule has 42 heavy (non-hydrogen) atoms. The van der Waals surface area contributed by atoms with E-state index in [2.05, 4.69) is 48.5 Å². The van der Waals surface area contributed by atoms with Gasteiger partial charge in [-0.25, -0.2) is 0 Å². The van der Waals surface area contributed by atoms with Crippen molar-refractivity contribution in [3.63, 3.8) is 0 Å². The summed E-state index contributed by atoms with van der Waals surface area (Å²) in [5.41, 5.74) is 4.33. The highest BCUT2D eigenvalue weighted by molar-refractivity contribution is 5.15. The molecule has 0 amide bonds. The molecule has 242 valence electrons. The molecule has 5 rings (SSSR count). The molecule has 0 aromatic rings. The minimum atomic E-state index is -1.39. The predicted molar refractivity (Wildman–Crippen MR) is 166 cm³/mol. The lowest BCUT2D eigenvalue weighted by Gasteiger charge is -2.66. The van der Waals surface area contributed by atoms with E-state index in [1.807, 2.05) is 0 Å². The molecule has 4 aliphatic carbocycles. The first-order chi connectivity index (χ1) is 19.8. The van der Waals surface area contributed by atoms with Crippen molar-refractivity contribution in [1.82, 2.24) is 0 Å². The predicted octanol–water partition coefficient (Wildman–Crippen LogP) is 6.38. The maximum Gasteiger partial charge on any atom is 0.186 e. The fourth-order valence-corrected chi connectivity index (χ4v) is 11.7. The highest BCUT2D eigenvalue weighted by Gasteiger charge is 2.65. The van der Waals surface area contributed by atoms with Crippen molar-refractivity contribution in [3.05, 3.63) is 11.1 Å². The van der Waals surface area contributed by atoms with E-state index in [9.17, 15) is 20.4 Å².